The molecule has 14 heteroatoms. The molecule has 0 unspecified atom stereocenters. The number of carbonyl (C=O) groups is 5. The number of nitrogens with two attached hydrogens (primary N) is 1. The second kappa shape index (κ2) is 15.2. The Balaban J connectivity index is 1.45. The molecule has 7 rings (SSSR count). The maximum atomic E-state index is 14.9. The van der Waals surface area contributed by atoms with Crippen LogP contribution < -0.4 is 5.73 Å². The Morgan fingerprint density at radius 1 is 0.727 bits per heavy atom. The Hall–Kier alpha value is -7.50. The maximum Gasteiger partial charge on any atom is 0.338 e. The molecular weight excluding hydrogens is 706 g/mol. The molecule has 55 heavy (non-hydrogen) atoms. The van der Waals surface area contributed by atoms with E-state index < -0.39 is 60.1 Å². The van der Waals surface area contributed by atoms with Crippen LogP contribution in [0.2, 0.25) is 0 Å². The lowest BCUT2D eigenvalue weighted by atomic mass is 9.86. The minimum atomic E-state index is -2.67. The molecule has 1 aliphatic heterocycles. The van der Waals surface area contributed by atoms with Crippen molar-refractivity contribution in [3.63, 3.8) is 0 Å². The van der Waals surface area contributed by atoms with E-state index in [2.05, 4.69) is 9.97 Å². The smallest absolute Gasteiger partial charge is 0.338 e. The van der Waals surface area contributed by atoms with Gasteiger partial charge in [-0.3, -0.25) is 9.59 Å². The molecule has 4 aromatic carbocycles. The summed E-state index contributed by atoms with van der Waals surface area (Å²) in [6.45, 7) is -0.998. The van der Waals surface area contributed by atoms with Crippen LogP contribution in [0, 0.1) is 11.3 Å². The summed E-state index contributed by atoms with van der Waals surface area (Å²) < 4.78 is 25.7. The summed E-state index contributed by atoms with van der Waals surface area (Å²) in [5.41, 5.74) is 3.66. The SMILES string of the molecule is N#Cc1cn([C@@H]2O[C@@](COC(=O)c3ccccc3)(C(=O)C(=O)c3ccccc3)[C@@H](OC(=O)c3ccccc3)[C@H]2OC(=O)c2ccccc2)c2ncnc(N)c12. The van der Waals surface area contributed by atoms with Crippen LogP contribution in [0.3, 0.4) is 0 Å². The number of fused-ring (bicyclic) bond motifs is 1. The highest BCUT2D eigenvalue weighted by molar-refractivity contribution is 6.46. The first kappa shape index (κ1) is 35.9. The number of hydrogen-bond acceptors (Lipinski definition) is 13. The fraction of sp³-hybridized carbons (Fsp3) is 0.122. The van der Waals surface area contributed by atoms with Crippen LogP contribution in [0.25, 0.3) is 11.0 Å². The number of ether oxygens (including phenoxy) is 4. The summed E-state index contributed by atoms with van der Waals surface area (Å²) in [6, 6.07) is 32.9. The van der Waals surface area contributed by atoms with Gasteiger partial charge in [-0.05, 0) is 36.4 Å². The van der Waals surface area contributed by atoms with Crippen LogP contribution in [-0.4, -0.2) is 68.4 Å². The summed E-state index contributed by atoms with van der Waals surface area (Å²) in [5, 5.41) is 10.2. The zero-order valence-electron chi connectivity index (χ0n) is 28.7. The first-order chi connectivity index (χ1) is 26.7. The molecular formula is C41H29N5O9. The molecule has 6 aromatic rings. The Labute approximate surface area is 312 Å². The second-order valence-corrected chi connectivity index (χ2v) is 12.3. The van der Waals surface area contributed by atoms with Gasteiger partial charge in [0, 0.05) is 11.8 Å². The van der Waals surface area contributed by atoms with Crippen LogP contribution >= 0.6 is 0 Å². The lowest BCUT2D eigenvalue weighted by Gasteiger charge is -2.32. The van der Waals surface area contributed by atoms with Crippen molar-refractivity contribution in [2.75, 3.05) is 12.3 Å². The molecule has 0 aliphatic carbocycles. The summed E-state index contributed by atoms with van der Waals surface area (Å²) in [4.78, 5) is 78.6. The Kier molecular flexibility index (Phi) is 9.94. The van der Waals surface area contributed by atoms with Crippen LogP contribution in [0.15, 0.2) is 134 Å². The zero-order chi connectivity index (χ0) is 38.5. The van der Waals surface area contributed by atoms with E-state index in [1.807, 2.05) is 6.07 Å². The second-order valence-electron chi connectivity index (χ2n) is 12.3. The van der Waals surface area contributed by atoms with Crippen molar-refractivity contribution in [2.45, 2.75) is 24.0 Å². The van der Waals surface area contributed by atoms with E-state index in [9.17, 15) is 29.2 Å². The highest BCUT2D eigenvalue weighted by Crippen LogP contribution is 2.45. The van der Waals surface area contributed by atoms with Crippen molar-refractivity contribution in [3.8, 4) is 6.07 Å². The van der Waals surface area contributed by atoms with Crippen LogP contribution in [0.1, 0.15) is 53.2 Å². The fourth-order valence-corrected chi connectivity index (χ4v) is 6.28. The number of hydrogen-bond donors (Lipinski definition) is 1. The molecule has 1 aliphatic rings. The number of aromatic nitrogens is 3. The number of benzene rings is 4. The van der Waals surface area contributed by atoms with Gasteiger partial charge in [0.05, 0.1) is 27.6 Å². The van der Waals surface area contributed by atoms with Gasteiger partial charge in [-0.1, -0.05) is 84.9 Å². The van der Waals surface area contributed by atoms with E-state index in [1.54, 1.807) is 60.7 Å². The van der Waals surface area contributed by atoms with Gasteiger partial charge in [0.1, 0.15) is 30.5 Å². The molecule has 0 radical (unpaired) electrons. The molecule has 4 atom stereocenters. The average Bonchev–Trinajstić information content (AvgIpc) is 3.76. The van der Waals surface area contributed by atoms with Crippen molar-refractivity contribution in [1.29, 1.82) is 5.26 Å². The first-order valence-corrected chi connectivity index (χ1v) is 16.8. The predicted molar refractivity (Wildman–Crippen MR) is 193 cm³/mol. The maximum absolute atomic E-state index is 14.9. The van der Waals surface area contributed by atoms with E-state index in [-0.39, 0.29) is 44.7 Å². The molecule has 0 amide bonds. The number of rotatable bonds is 11. The largest absolute Gasteiger partial charge is 0.458 e. The Morgan fingerprint density at radius 2 is 1.24 bits per heavy atom. The Morgan fingerprint density at radius 3 is 1.78 bits per heavy atom. The molecule has 2 aromatic heterocycles. The van der Waals surface area contributed by atoms with Gasteiger partial charge in [0.2, 0.25) is 17.2 Å². The molecule has 0 saturated carbocycles. The number of nitrogens with zero attached hydrogens (tertiary/aromatic N) is 4. The minimum Gasteiger partial charge on any atom is -0.458 e. The third-order valence-corrected chi connectivity index (χ3v) is 8.95. The number of nitriles is 1. The quantitative estimate of drug-likeness (QED) is 0.0814. The fourth-order valence-electron chi connectivity index (χ4n) is 6.28. The van der Waals surface area contributed by atoms with Crippen molar-refractivity contribution in [3.05, 3.63) is 162 Å². The molecule has 0 bridgehead atoms. The first-order valence-electron chi connectivity index (χ1n) is 16.8. The van der Waals surface area contributed by atoms with E-state index in [1.165, 1.54) is 71.4 Å². The third-order valence-electron chi connectivity index (χ3n) is 8.95. The molecule has 1 saturated heterocycles. The van der Waals surface area contributed by atoms with Gasteiger partial charge >= 0.3 is 17.9 Å². The van der Waals surface area contributed by atoms with Crippen molar-refractivity contribution in [2.24, 2.45) is 0 Å². The van der Waals surface area contributed by atoms with E-state index >= 15 is 0 Å². The summed E-state index contributed by atoms with van der Waals surface area (Å²) in [7, 11) is 0. The molecule has 1 fully saturated rings. The molecule has 0 spiro atoms. The monoisotopic (exact) mass is 735 g/mol. The topological polar surface area (TPSA) is 203 Å². The molecule has 2 N–H and O–H groups in total. The van der Waals surface area contributed by atoms with E-state index in [0.717, 1.165) is 6.33 Å². The summed E-state index contributed by atoms with van der Waals surface area (Å²) >= 11 is 0. The highest BCUT2D eigenvalue weighted by Gasteiger charge is 2.66. The van der Waals surface area contributed by atoms with Crippen molar-refractivity contribution in [1.82, 2.24) is 14.5 Å². The van der Waals surface area contributed by atoms with Crippen LogP contribution in [-0.2, 0) is 23.7 Å². The normalized spacial score (nSPS) is 18.9. The minimum absolute atomic E-state index is 0.0117. The number of esters is 3. The van der Waals surface area contributed by atoms with Crippen molar-refractivity contribution >= 4 is 46.3 Å². The van der Waals surface area contributed by atoms with Gasteiger partial charge in [-0.2, -0.15) is 5.26 Å². The number of nitrogen functional groups attached to an aromatic ring is 1. The van der Waals surface area contributed by atoms with Crippen LogP contribution in [0.4, 0.5) is 5.82 Å². The Bertz CT molecular complexity index is 2450. The van der Waals surface area contributed by atoms with Gasteiger partial charge in [-0.25, -0.2) is 24.4 Å². The van der Waals surface area contributed by atoms with Crippen LogP contribution in [0.5, 0.6) is 0 Å². The third kappa shape index (κ3) is 6.90. The highest BCUT2D eigenvalue weighted by atomic mass is 16.7. The lowest BCUT2D eigenvalue weighted by Crippen LogP contribution is -2.58. The summed E-state index contributed by atoms with van der Waals surface area (Å²) in [5.74, 6) is -5.27. The number of Topliss-reactive ketones (excluding diaryl/α,β-unsaturated/α-hetero) is 2. The summed E-state index contributed by atoms with van der Waals surface area (Å²) in [6.07, 6.45) is -2.98. The van der Waals surface area contributed by atoms with Gasteiger partial charge in [-0.15, -0.1) is 0 Å². The molecule has 3 heterocycles. The molecule has 272 valence electrons. The van der Waals surface area contributed by atoms with Gasteiger partial charge in [0.15, 0.2) is 18.4 Å². The zero-order valence-corrected chi connectivity index (χ0v) is 28.7. The number of carbonyl (C=O) groups excluding carboxylic acids is 5. The number of anilines is 1. The predicted octanol–water partition coefficient (Wildman–Crippen LogP) is 4.91. The lowest BCUT2D eigenvalue weighted by molar-refractivity contribution is -0.160. The van der Waals surface area contributed by atoms with E-state index in [0.29, 0.717) is 0 Å². The molecule has 14 nitrogen and oxygen atoms in total. The van der Waals surface area contributed by atoms with Gasteiger partial charge in [0.25, 0.3) is 0 Å². The van der Waals surface area contributed by atoms with E-state index in [4.69, 9.17) is 24.7 Å². The van der Waals surface area contributed by atoms with Gasteiger partial charge < -0.3 is 29.2 Å². The standard InChI is InChI=1S/C41H29N5O9/c42-21-29-22-46(36-30(29)35(43)44-24-45-36)37-32(53-39(50)27-17-9-3-10-18-27)34(54-40(51)28-19-11-4-12-20-28)41(55-37,23-52-38(49)26-15-7-2-8-16-26)33(48)31(47)25-13-5-1-6-14-25/h1-20,22,24,32,34,37H,23H2,(H2,43,44,45)/t32-,34+,37-,41+/m1/s1. The van der Waals surface area contributed by atoms with Crippen molar-refractivity contribution < 1.29 is 42.9 Å². The number of ketones is 2. The average molecular weight is 736 g/mol.